The summed E-state index contributed by atoms with van der Waals surface area (Å²) in [6.45, 7) is 1.91. The third-order valence-electron chi connectivity index (χ3n) is 1.90. The topological polar surface area (TPSA) is 33.6 Å². The lowest BCUT2D eigenvalue weighted by molar-refractivity contribution is 0.0498. The van der Waals surface area contributed by atoms with E-state index in [1.165, 1.54) is 5.56 Å². The maximum absolute atomic E-state index is 5.08. The van der Waals surface area contributed by atoms with Crippen LogP contribution in [0, 0.1) is 0 Å². The molecule has 1 N–H and O–H groups in total. The van der Waals surface area contributed by atoms with Crippen molar-refractivity contribution >= 4 is 5.84 Å². The molecule has 0 fully saturated rings. The molecule has 68 valence electrons. The fourth-order valence-corrected chi connectivity index (χ4v) is 1.30. The van der Waals surface area contributed by atoms with Gasteiger partial charge in [0.15, 0.2) is 6.23 Å². The number of hydroxylamine groups is 1. The van der Waals surface area contributed by atoms with E-state index in [0.717, 1.165) is 12.3 Å². The van der Waals surface area contributed by atoms with Crippen LogP contribution in [0.4, 0.5) is 0 Å². The summed E-state index contributed by atoms with van der Waals surface area (Å²) in [5, 5.41) is 0. The van der Waals surface area contributed by atoms with Crippen LogP contribution in [0.2, 0.25) is 0 Å². The van der Waals surface area contributed by atoms with E-state index in [-0.39, 0.29) is 6.23 Å². The van der Waals surface area contributed by atoms with Gasteiger partial charge < -0.3 is 0 Å². The Morgan fingerprint density at radius 1 is 1.38 bits per heavy atom. The summed E-state index contributed by atoms with van der Waals surface area (Å²) in [7, 11) is 0. The van der Waals surface area contributed by atoms with Gasteiger partial charge >= 0.3 is 0 Å². The molecule has 0 saturated heterocycles. The highest BCUT2D eigenvalue weighted by molar-refractivity contribution is 5.84. The predicted octanol–water partition coefficient (Wildman–Crippen LogP) is 1.51. The largest absolute Gasteiger partial charge is 0.250 e. The van der Waals surface area contributed by atoms with Gasteiger partial charge in [0, 0.05) is 6.42 Å². The van der Waals surface area contributed by atoms with Gasteiger partial charge in [-0.05, 0) is 12.5 Å². The van der Waals surface area contributed by atoms with Gasteiger partial charge in [0.25, 0.3) is 0 Å². The Balaban J connectivity index is 2.03. The van der Waals surface area contributed by atoms with Crippen LogP contribution < -0.4 is 5.48 Å². The first kappa shape index (κ1) is 8.26. The number of amidine groups is 1. The van der Waals surface area contributed by atoms with E-state index < -0.39 is 0 Å². The van der Waals surface area contributed by atoms with Gasteiger partial charge in [-0.25, -0.2) is 9.83 Å². The summed E-state index contributed by atoms with van der Waals surface area (Å²) in [4.78, 5) is 9.35. The lowest BCUT2D eigenvalue weighted by Gasteiger charge is -2.00. The molecule has 0 aromatic heterocycles. The van der Waals surface area contributed by atoms with Gasteiger partial charge in [-0.2, -0.15) is 0 Å². The average Bonchev–Trinajstić information content (AvgIpc) is 2.53. The van der Waals surface area contributed by atoms with Gasteiger partial charge in [-0.15, -0.1) is 0 Å². The van der Waals surface area contributed by atoms with Crippen LogP contribution in [0.25, 0.3) is 0 Å². The fraction of sp³-hybridized carbons (Fsp3) is 0.300. The van der Waals surface area contributed by atoms with Gasteiger partial charge in [0.2, 0.25) is 0 Å². The molecule has 1 aromatic carbocycles. The first-order valence-corrected chi connectivity index (χ1v) is 4.37. The molecule has 0 bridgehead atoms. The van der Waals surface area contributed by atoms with Crippen LogP contribution >= 0.6 is 0 Å². The zero-order valence-electron chi connectivity index (χ0n) is 7.53. The molecule has 0 amide bonds. The van der Waals surface area contributed by atoms with Crippen LogP contribution in [0.15, 0.2) is 35.3 Å². The summed E-state index contributed by atoms with van der Waals surface area (Å²) < 4.78 is 0. The normalized spacial score (nSPS) is 21.0. The number of nitrogens with zero attached hydrogens (tertiary/aromatic N) is 1. The third-order valence-corrected chi connectivity index (χ3v) is 1.90. The van der Waals surface area contributed by atoms with E-state index in [0.29, 0.717) is 0 Å². The Hall–Kier alpha value is -1.35. The van der Waals surface area contributed by atoms with Gasteiger partial charge in [0.1, 0.15) is 5.84 Å². The molecular weight excluding hydrogens is 164 g/mol. The first-order valence-electron chi connectivity index (χ1n) is 4.37. The molecule has 3 heteroatoms. The minimum Gasteiger partial charge on any atom is -0.250 e. The van der Waals surface area contributed by atoms with Gasteiger partial charge in [0.05, 0.1) is 0 Å². The summed E-state index contributed by atoms with van der Waals surface area (Å²) in [5.74, 6) is 0.902. The maximum Gasteiger partial charge on any atom is 0.174 e. The highest BCUT2D eigenvalue weighted by Crippen LogP contribution is 2.05. The van der Waals surface area contributed by atoms with Crippen molar-refractivity contribution in [3.63, 3.8) is 0 Å². The standard InChI is InChI=1S/C10H12N2O/c1-8-11-10(12-13-8)7-9-5-3-2-4-6-9/h2-6,8H,7H2,1H3,(H,11,12)/t8-/m1/s1. The lowest BCUT2D eigenvalue weighted by atomic mass is 10.1. The monoisotopic (exact) mass is 176 g/mol. The molecule has 1 heterocycles. The molecule has 1 aromatic rings. The van der Waals surface area contributed by atoms with Crippen molar-refractivity contribution in [3.05, 3.63) is 35.9 Å². The Morgan fingerprint density at radius 2 is 2.15 bits per heavy atom. The molecule has 0 saturated carbocycles. The third kappa shape index (κ3) is 2.06. The smallest absolute Gasteiger partial charge is 0.174 e. The van der Waals surface area contributed by atoms with Crippen LogP contribution in [-0.2, 0) is 11.3 Å². The van der Waals surface area contributed by atoms with E-state index >= 15 is 0 Å². The molecule has 1 atom stereocenters. The minimum absolute atomic E-state index is 0.0567. The van der Waals surface area contributed by atoms with Crippen LogP contribution in [-0.4, -0.2) is 12.1 Å². The Kier molecular flexibility index (Phi) is 2.27. The molecular formula is C10H12N2O. The van der Waals surface area contributed by atoms with E-state index in [9.17, 15) is 0 Å². The number of aliphatic imine (C=N–C) groups is 1. The van der Waals surface area contributed by atoms with E-state index in [2.05, 4.69) is 22.6 Å². The summed E-state index contributed by atoms with van der Waals surface area (Å²) in [6.07, 6.45) is 0.754. The number of hydrogen-bond donors (Lipinski definition) is 1. The summed E-state index contributed by atoms with van der Waals surface area (Å²) in [5.41, 5.74) is 4.05. The van der Waals surface area contributed by atoms with Crippen molar-refractivity contribution in [2.45, 2.75) is 19.6 Å². The molecule has 2 rings (SSSR count). The van der Waals surface area contributed by atoms with Crippen LogP contribution in [0.3, 0.4) is 0 Å². The van der Waals surface area contributed by atoms with Crippen molar-refractivity contribution in [2.75, 3.05) is 0 Å². The van der Waals surface area contributed by atoms with Gasteiger partial charge in [-0.3, -0.25) is 5.48 Å². The first-order chi connectivity index (χ1) is 6.34. The van der Waals surface area contributed by atoms with E-state index in [4.69, 9.17) is 4.84 Å². The van der Waals surface area contributed by atoms with E-state index in [1.807, 2.05) is 25.1 Å². The molecule has 0 aliphatic carbocycles. The van der Waals surface area contributed by atoms with Crippen molar-refractivity contribution in [3.8, 4) is 0 Å². The van der Waals surface area contributed by atoms with Crippen molar-refractivity contribution in [1.29, 1.82) is 0 Å². The minimum atomic E-state index is -0.0567. The fourth-order valence-electron chi connectivity index (χ4n) is 1.30. The Labute approximate surface area is 77.4 Å². The molecule has 0 unspecified atom stereocenters. The van der Waals surface area contributed by atoms with Crippen molar-refractivity contribution in [1.82, 2.24) is 5.48 Å². The number of nitrogens with one attached hydrogen (secondary N) is 1. The number of hydrogen-bond acceptors (Lipinski definition) is 3. The maximum atomic E-state index is 5.08. The van der Waals surface area contributed by atoms with E-state index in [1.54, 1.807) is 0 Å². The number of rotatable bonds is 2. The van der Waals surface area contributed by atoms with Crippen molar-refractivity contribution in [2.24, 2.45) is 4.99 Å². The molecule has 0 radical (unpaired) electrons. The Bertz CT molecular complexity index is 308. The molecule has 1 aliphatic heterocycles. The quantitative estimate of drug-likeness (QED) is 0.741. The lowest BCUT2D eigenvalue weighted by Crippen LogP contribution is -2.19. The Morgan fingerprint density at radius 3 is 2.77 bits per heavy atom. The molecule has 13 heavy (non-hydrogen) atoms. The summed E-state index contributed by atoms with van der Waals surface area (Å²) in [6, 6.07) is 10.2. The van der Waals surface area contributed by atoms with Crippen LogP contribution in [0.5, 0.6) is 0 Å². The van der Waals surface area contributed by atoms with Crippen LogP contribution in [0.1, 0.15) is 12.5 Å². The average molecular weight is 176 g/mol. The van der Waals surface area contributed by atoms with Crippen molar-refractivity contribution < 1.29 is 4.84 Å². The zero-order valence-corrected chi connectivity index (χ0v) is 7.53. The SMILES string of the molecule is C[C@@H]1N=C(Cc2ccccc2)NO1. The van der Waals surface area contributed by atoms with Gasteiger partial charge in [-0.1, -0.05) is 30.3 Å². The molecule has 0 spiro atoms. The second-order valence-electron chi connectivity index (χ2n) is 3.06. The summed E-state index contributed by atoms with van der Waals surface area (Å²) >= 11 is 0. The second-order valence-corrected chi connectivity index (χ2v) is 3.06. The highest BCUT2D eigenvalue weighted by Gasteiger charge is 2.12. The second kappa shape index (κ2) is 3.58. The zero-order chi connectivity index (χ0) is 9.10. The molecule has 1 aliphatic rings. The predicted molar refractivity (Wildman–Crippen MR) is 51.3 cm³/mol. The molecule has 3 nitrogen and oxygen atoms in total. The number of benzene rings is 1. The highest BCUT2D eigenvalue weighted by atomic mass is 16.7.